The summed E-state index contributed by atoms with van der Waals surface area (Å²) in [6.07, 6.45) is -8.51. The van der Waals surface area contributed by atoms with Crippen LogP contribution >= 0.6 is 0 Å². The van der Waals surface area contributed by atoms with Gasteiger partial charge in [0.1, 0.15) is 11.3 Å². The molecule has 1 saturated carbocycles. The van der Waals surface area contributed by atoms with E-state index in [9.17, 15) is 30.7 Å². The Morgan fingerprint density at radius 3 is 2.40 bits per heavy atom. The Morgan fingerprint density at radius 1 is 1.35 bits per heavy atom. The second kappa shape index (κ2) is 4.92. The Hall–Kier alpha value is -1.28. The molecule has 0 radical (unpaired) electrons. The van der Waals surface area contributed by atoms with Crippen molar-refractivity contribution in [1.29, 1.82) is 0 Å². The van der Waals surface area contributed by atoms with Crippen molar-refractivity contribution >= 4 is 0 Å². The van der Waals surface area contributed by atoms with Crippen molar-refractivity contribution in [2.45, 2.75) is 44.3 Å². The van der Waals surface area contributed by atoms with Crippen molar-refractivity contribution in [1.82, 2.24) is 9.78 Å². The van der Waals surface area contributed by atoms with Gasteiger partial charge in [-0.3, -0.25) is 4.68 Å². The minimum atomic E-state index is -4.94. The molecule has 1 fully saturated rings. The van der Waals surface area contributed by atoms with Crippen LogP contribution in [0.1, 0.15) is 36.9 Å². The summed E-state index contributed by atoms with van der Waals surface area (Å²) in [6, 6.07) is 0. The molecule has 1 aromatic rings. The van der Waals surface area contributed by atoms with Crippen molar-refractivity contribution in [3.63, 3.8) is 0 Å². The molecule has 1 atom stereocenters. The quantitative estimate of drug-likeness (QED) is 0.762. The maximum Gasteiger partial charge on any atom is 0.419 e. The lowest BCUT2D eigenvalue weighted by Gasteiger charge is -2.10. The van der Waals surface area contributed by atoms with Crippen LogP contribution in [0.2, 0.25) is 0 Å². The monoisotopic (exact) mass is 304 g/mol. The number of aromatic nitrogens is 2. The molecule has 0 saturated heterocycles. The molecule has 2 rings (SSSR count). The highest BCUT2D eigenvalue weighted by Crippen LogP contribution is 2.40. The van der Waals surface area contributed by atoms with Gasteiger partial charge in [0.15, 0.2) is 0 Å². The molecule has 1 aliphatic carbocycles. The standard InChI is InChI=1S/C11H11F7N2/c12-9(13)8-7(11(16,17)18)5-20(19-8)4-6-1-2-10(14,15)3-6/h5-6,9H,1-4H2. The molecule has 0 amide bonds. The van der Waals surface area contributed by atoms with Gasteiger partial charge >= 0.3 is 6.18 Å². The predicted molar refractivity (Wildman–Crippen MR) is 54.5 cm³/mol. The van der Waals surface area contributed by atoms with Gasteiger partial charge in [-0.25, -0.2) is 17.6 Å². The SMILES string of the molecule is FC(F)c1nn(CC2CCC(F)(F)C2)cc1C(F)(F)F. The van der Waals surface area contributed by atoms with Gasteiger partial charge in [-0.15, -0.1) is 0 Å². The van der Waals surface area contributed by atoms with Crippen LogP contribution in [0.25, 0.3) is 0 Å². The third-order valence-electron chi connectivity index (χ3n) is 3.25. The summed E-state index contributed by atoms with van der Waals surface area (Å²) in [5, 5.41) is 3.19. The second-order valence-corrected chi connectivity index (χ2v) is 4.91. The number of alkyl halides is 7. The number of hydrogen-bond donors (Lipinski definition) is 0. The molecule has 1 unspecified atom stereocenters. The summed E-state index contributed by atoms with van der Waals surface area (Å²) >= 11 is 0. The van der Waals surface area contributed by atoms with Gasteiger partial charge in [0.25, 0.3) is 6.43 Å². The maximum atomic E-state index is 13.0. The molecule has 0 aromatic carbocycles. The summed E-state index contributed by atoms with van der Waals surface area (Å²) in [5.41, 5.74) is -2.88. The van der Waals surface area contributed by atoms with Crippen molar-refractivity contribution < 1.29 is 30.7 Å². The lowest BCUT2D eigenvalue weighted by atomic mass is 10.1. The van der Waals surface area contributed by atoms with E-state index in [1.165, 1.54) is 0 Å². The summed E-state index contributed by atoms with van der Waals surface area (Å²) in [6.45, 7) is -0.217. The van der Waals surface area contributed by atoms with Crippen molar-refractivity contribution in [2.75, 3.05) is 0 Å². The van der Waals surface area contributed by atoms with E-state index >= 15 is 0 Å². The fraction of sp³-hybridized carbons (Fsp3) is 0.727. The smallest absolute Gasteiger partial charge is 0.271 e. The second-order valence-electron chi connectivity index (χ2n) is 4.91. The lowest BCUT2D eigenvalue weighted by Crippen LogP contribution is -2.13. The first kappa shape index (κ1) is 15.1. The Kier molecular flexibility index (Phi) is 3.72. The van der Waals surface area contributed by atoms with Gasteiger partial charge in [0, 0.05) is 25.6 Å². The van der Waals surface area contributed by atoms with Crippen LogP contribution in [0, 0.1) is 5.92 Å². The summed E-state index contributed by atoms with van der Waals surface area (Å²) in [4.78, 5) is 0. The third-order valence-corrected chi connectivity index (χ3v) is 3.25. The van der Waals surface area contributed by atoms with E-state index < -0.39 is 42.1 Å². The number of rotatable bonds is 3. The van der Waals surface area contributed by atoms with Crippen LogP contribution in [0.15, 0.2) is 6.20 Å². The first-order valence-corrected chi connectivity index (χ1v) is 5.89. The summed E-state index contributed by atoms with van der Waals surface area (Å²) in [5.74, 6) is -3.40. The largest absolute Gasteiger partial charge is 0.419 e. The lowest BCUT2D eigenvalue weighted by molar-refractivity contribution is -0.139. The molecule has 0 bridgehead atoms. The van der Waals surface area contributed by atoms with E-state index in [4.69, 9.17) is 0 Å². The van der Waals surface area contributed by atoms with E-state index in [-0.39, 0.29) is 19.4 Å². The van der Waals surface area contributed by atoms with Gasteiger partial charge in [0.2, 0.25) is 5.92 Å². The molecule has 2 nitrogen and oxygen atoms in total. The van der Waals surface area contributed by atoms with Gasteiger partial charge in [-0.05, 0) is 12.3 Å². The van der Waals surface area contributed by atoms with Crippen molar-refractivity contribution in [2.24, 2.45) is 5.92 Å². The van der Waals surface area contributed by atoms with Crippen molar-refractivity contribution in [3.05, 3.63) is 17.5 Å². The highest BCUT2D eigenvalue weighted by atomic mass is 19.4. The zero-order valence-electron chi connectivity index (χ0n) is 10.1. The minimum absolute atomic E-state index is 0.137. The third kappa shape index (κ3) is 3.24. The van der Waals surface area contributed by atoms with Gasteiger partial charge < -0.3 is 0 Å². The average molecular weight is 304 g/mol. The molecule has 0 N–H and O–H groups in total. The molecular weight excluding hydrogens is 293 g/mol. The molecule has 1 aliphatic rings. The molecule has 1 aromatic heterocycles. The van der Waals surface area contributed by atoms with Crippen LogP contribution in [0.3, 0.4) is 0 Å². The van der Waals surface area contributed by atoms with E-state index in [1.54, 1.807) is 0 Å². The first-order valence-electron chi connectivity index (χ1n) is 5.89. The molecule has 20 heavy (non-hydrogen) atoms. The van der Waals surface area contributed by atoms with Gasteiger partial charge in [-0.2, -0.15) is 18.3 Å². The molecule has 1 heterocycles. The van der Waals surface area contributed by atoms with Crippen LogP contribution < -0.4 is 0 Å². The normalized spacial score (nSPS) is 22.7. The highest BCUT2D eigenvalue weighted by molar-refractivity contribution is 5.21. The van der Waals surface area contributed by atoms with Crippen molar-refractivity contribution in [3.8, 4) is 0 Å². The zero-order chi connectivity index (χ0) is 15.1. The molecule has 0 spiro atoms. The zero-order valence-corrected chi connectivity index (χ0v) is 10.1. The van der Waals surface area contributed by atoms with E-state index in [0.717, 1.165) is 0 Å². The fourth-order valence-corrected chi connectivity index (χ4v) is 2.37. The predicted octanol–water partition coefficient (Wildman–Crippen LogP) is 4.27. The van der Waals surface area contributed by atoms with Crippen LogP contribution in [0.4, 0.5) is 30.7 Å². The minimum Gasteiger partial charge on any atom is -0.271 e. The Morgan fingerprint density at radius 2 is 2.00 bits per heavy atom. The molecule has 0 aliphatic heterocycles. The molecule has 114 valence electrons. The summed E-state index contributed by atoms with van der Waals surface area (Å²) < 4.78 is 89.3. The molecule has 9 heteroatoms. The number of halogens is 7. The van der Waals surface area contributed by atoms with Gasteiger partial charge in [-0.1, -0.05) is 0 Å². The number of hydrogen-bond acceptors (Lipinski definition) is 1. The topological polar surface area (TPSA) is 17.8 Å². The van der Waals surface area contributed by atoms with Crippen LogP contribution in [0.5, 0.6) is 0 Å². The highest BCUT2D eigenvalue weighted by Gasteiger charge is 2.41. The van der Waals surface area contributed by atoms with Crippen LogP contribution in [-0.4, -0.2) is 15.7 Å². The van der Waals surface area contributed by atoms with E-state index in [2.05, 4.69) is 5.10 Å². The Bertz CT molecular complexity index is 478. The van der Waals surface area contributed by atoms with Gasteiger partial charge in [0.05, 0.1) is 0 Å². The first-order chi connectivity index (χ1) is 9.08. The average Bonchev–Trinajstić information content (AvgIpc) is 2.82. The summed E-state index contributed by atoms with van der Waals surface area (Å²) in [7, 11) is 0. The van der Waals surface area contributed by atoms with E-state index in [1.807, 2.05) is 0 Å². The molecular formula is C11H11F7N2. The van der Waals surface area contributed by atoms with E-state index in [0.29, 0.717) is 10.9 Å². The number of nitrogens with zero attached hydrogens (tertiary/aromatic N) is 2. The maximum absolute atomic E-state index is 13.0. The van der Waals surface area contributed by atoms with Crippen LogP contribution in [-0.2, 0) is 12.7 Å². The Labute approximate surface area is 109 Å². The Balaban J connectivity index is 2.18. The fourth-order valence-electron chi connectivity index (χ4n) is 2.37.